The fourth-order valence-corrected chi connectivity index (χ4v) is 4.27. The molecule has 1 amide bonds. The van der Waals surface area contributed by atoms with E-state index in [1.54, 1.807) is 13.2 Å². The number of carbonyl (C=O) groups is 1. The van der Waals surface area contributed by atoms with Gasteiger partial charge in [0.1, 0.15) is 22.7 Å². The van der Waals surface area contributed by atoms with E-state index in [1.165, 1.54) is 0 Å². The van der Waals surface area contributed by atoms with Crippen molar-refractivity contribution in [3.05, 3.63) is 63.5 Å². The lowest BCUT2D eigenvalue weighted by Gasteiger charge is -2.32. The van der Waals surface area contributed by atoms with Gasteiger partial charge in [0.05, 0.1) is 19.1 Å². The predicted molar refractivity (Wildman–Crippen MR) is 131 cm³/mol. The zero-order chi connectivity index (χ0) is 24.7. The van der Waals surface area contributed by atoms with E-state index in [4.69, 9.17) is 13.9 Å². The number of methoxy groups -OCH3 is 1. The first kappa shape index (κ1) is 22.6. The van der Waals surface area contributed by atoms with Crippen molar-refractivity contribution < 1.29 is 18.7 Å². The van der Waals surface area contributed by atoms with E-state index in [-0.39, 0.29) is 18.0 Å². The third-order valence-electron chi connectivity index (χ3n) is 6.29. The Labute approximate surface area is 201 Å². The second-order valence-electron chi connectivity index (χ2n) is 9.27. The van der Waals surface area contributed by atoms with E-state index >= 15 is 0 Å². The van der Waals surface area contributed by atoms with Crippen LogP contribution in [0.4, 0.5) is 5.95 Å². The molecule has 0 aliphatic carbocycles. The summed E-state index contributed by atoms with van der Waals surface area (Å²) in [4.78, 5) is 29.8. The third kappa shape index (κ3) is 4.49. The summed E-state index contributed by atoms with van der Waals surface area (Å²) in [6, 6.07) is 11.1. The van der Waals surface area contributed by atoms with E-state index in [2.05, 4.69) is 20.5 Å². The Kier molecular flexibility index (Phi) is 5.55. The van der Waals surface area contributed by atoms with Crippen LogP contribution >= 0.6 is 0 Å². The number of fused-ring (bicyclic) bond motifs is 2. The molecule has 1 aliphatic heterocycles. The van der Waals surface area contributed by atoms with Crippen LogP contribution in [0.15, 0.2) is 45.6 Å². The molecule has 0 spiro atoms. The van der Waals surface area contributed by atoms with E-state index in [0.717, 1.165) is 40.9 Å². The molecule has 4 aromatic rings. The second kappa shape index (κ2) is 8.57. The summed E-state index contributed by atoms with van der Waals surface area (Å²) in [7, 11) is 1.60. The first-order chi connectivity index (χ1) is 16.7. The lowest BCUT2D eigenvalue weighted by atomic mass is 9.92. The van der Waals surface area contributed by atoms with Gasteiger partial charge in [0.15, 0.2) is 5.82 Å². The molecule has 2 aromatic carbocycles. The summed E-state index contributed by atoms with van der Waals surface area (Å²) in [5.41, 5.74) is 2.52. The summed E-state index contributed by atoms with van der Waals surface area (Å²) >= 11 is 0. The number of H-pyrrole nitrogens is 1. The molecule has 0 radical (unpaired) electrons. The molecule has 0 fully saturated rings. The Balaban J connectivity index is 1.36. The maximum Gasteiger partial charge on any atom is 0.340 e. The summed E-state index contributed by atoms with van der Waals surface area (Å²) in [6.07, 6.45) is 1.61. The van der Waals surface area contributed by atoms with Crippen molar-refractivity contribution in [3.63, 3.8) is 0 Å². The van der Waals surface area contributed by atoms with Crippen molar-refractivity contribution in [1.29, 1.82) is 0 Å². The third-order valence-corrected chi connectivity index (χ3v) is 6.29. The van der Waals surface area contributed by atoms with Crippen molar-refractivity contribution in [2.24, 2.45) is 0 Å². The molecule has 35 heavy (non-hydrogen) atoms. The number of nitrogens with one attached hydrogen (secondary N) is 2. The molecule has 2 N–H and O–H groups in total. The van der Waals surface area contributed by atoms with Crippen molar-refractivity contribution in [3.8, 4) is 22.9 Å². The van der Waals surface area contributed by atoms with E-state index in [1.807, 2.05) is 51.1 Å². The molecule has 2 aromatic heterocycles. The summed E-state index contributed by atoms with van der Waals surface area (Å²) in [5, 5.41) is 10.3. The predicted octanol–water partition coefficient (Wildman–Crippen LogP) is 4.18. The topological polar surface area (TPSA) is 119 Å². The van der Waals surface area contributed by atoms with Crippen LogP contribution < -0.4 is 20.4 Å². The van der Waals surface area contributed by atoms with E-state index in [0.29, 0.717) is 22.5 Å². The zero-order valence-corrected chi connectivity index (χ0v) is 20.0. The van der Waals surface area contributed by atoms with Gasteiger partial charge in [0.2, 0.25) is 11.9 Å². The minimum Gasteiger partial charge on any atom is -0.497 e. The minimum absolute atomic E-state index is 0.123. The molecule has 9 heteroatoms. The smallest absolute Gasteiger partial charge is 0.340 e. The lowest BCUT2D eigenvalue weighted by molar-refractivity contribution is -0.115. The molecule has 0 saturated heterocycles. The highest BCUT2D eigenvalue weighted by Gasteiger charge is 2.28. The maximum absolute atomic E-state index is 12.7. The fraction of sp³-hybridized carbons (Fsp3) is 0.308. The number of hydrogen-bond acceptors (Lipinski definition) is 7. The Morgan fingerprint density at radius 3 is 2.74 bits per heavy atom. The summed E-state index contributed by atoms with van der Waals surface area (Å²) < 4.78 is 16.8. The van der Waals surface area contributed by atoms with Crippen LogP contribution in [0.3, 0.4) is 0 Å². The van der Waals surface area contributed by atoms with Crippen LogP contribution in [0, 0.1) is 6.92 Å². The molecular weight excluding hydrogens is 448 g/mol. The molecule has 180 valence electrons. The number of ether oxygens (including phenoxy) is 2. The summed E-state index contributed by atoms with van der Waals surface area (Å²) in [6.45, 7) is 5.91. The maximum atomic E-state index is 12.7. The van der Waals surface area contributed by atoms with Crippen LogP contribution in [0.25, 0.3) is 22.4 Å². The molecule has 0 saturated carbocycles. The number of benzene rings is 2. The highest BCUT2D eigenvalue weighted by Crippen LogP contribution is 2.36. The Morgan fingerprint density at radius 2 is 2.00 bits per heavy atom. The average Bonchev–Trinajstić information content (AvgIpc) is 3.28. The molecule has 0 bridgehead atoms. The van der Waals surface area contributed by atoms with Gasteiger partial charge in [-0.2, -0.15) is 4.98 Å². The van der Waals surface area contributed by atoms with Crippen LogP contribution in [0.1, 0.15) is 37.0 Å². The normalized spacial score (nSPS) is 14.3. The first-order valence-electron chi connectivity index (χ1n) is 11.4. The van der Waals surface area contributed by atoms with Crippen molar-refractivity contribution >= 4 is 22.8 Å². The summed E-state index contributed by atoms with van der Waals surface area (Å²) in [5.74, 6) is 1.67. The van der Waals surface area contributed by atoms with Gasteiger partial charge in [-0.1, -0.05) is 0 Å². The number of anilines is 1. The molecule has 9 nitrogen and oxygen atoms in total. The molecule has 3 heterocycles. The van der Waals surface area contributed by atoms with Crippen LogP contribution in [0.5, 0.6) is 11.5 Å². The van der Waals surface area contributed by atoms with E-state index in [9.17, 15) is 9.59 Å². The zero-order valence-electron chi connectivity index (χ0n) is 20.0. The van der Waals surface area contributed by atoms with Gasteiger partial charge < -0.3 is 13.9 Å². The van der Waals surface area contributed by atoms with Gasteiger partial charge in [-0.3, -0.25) is 15.2 Å². The monoisotopic (exact) mass is 474 g/mol. The molecule has 0 unspecified atom stereocenters. The molecule has 1 aliphatic rings. The van der Waals surface area contributed by atoms with Gasteiger partial charge in [0.25, 0.3) is 0 Å². The van der Waals surface area contributed by atoms with Crippen LogP contribution in [-0.2, 0) is 17.6 Å². The first-order valence-corrected chi connectivity index (χ1v) is 11.4. The quantitative estimate of drug-likeness (QED) is 0.417. The number of amides is 1. The molecule has 0 atom stereocenters. The van der Waals surface area contributed by atoms with Gasteiger partial charge in [0, 0.05) is 17.0 Å². The van der Waals surface area contributed by atoms with Crippen molar-refractivity contribution in [2.75, 3.05) is 12.4 Å². The van der Waals surface area contributed by atoms with Gasteiger partial charge >= 0.3 is 5.63 Å². The number of carbonyl (C=O) groups excluding carboxylic acids is 1. The Bertz CT molecular complexity index is 1480. The number of hydrogen-bond donors (Lipinski definition) is 2. The Hall–Kier alpha value is -4.14. The number of aromatic nitrogens is 3. The lowest BCUT2D eigenvalue weighted by Crippen LogP contribution is -2.32. The van der Waals surface area contributed by atoms with E-state index < -0.39 is 11.5 Å². The highest BCUT2D eigenvalue weighted by molar-refractivity contribution is 5.92. The number of aryl methyl sites for hydroxylation is 2. The number of rotatable bonds is 5. The van der Waals surface area contributed by atoms with Crippen LogP contribution in [-0.4, -0.2) is 33.8 Å². The second-order valence-corrected chi connectivity index (χ2v) is 9.27. The standard InChI is InChI=1S/C26H26N4O5/c1-14-18-11-16-9-10-26(2,3)35-20(16)13-21(18)34-24(32)19(14)12-22(31)27-25-28-23(29-30-25)15-5-7-17(33-4)8-6-15/h5-8,11,13H,9-10,12H2,1-4H3,(H2,27,28,29,30,31). The SMILES string of the molecule is COc1ccc(-c2nc(NC(=O)Cc3c(C)c4cc5c(cc4oc3=O)OC(C)(C)CC5)n[nH]2)cc1. The minimum atomic E-state index is -0.547. The number of nitrogens with zero attached hydrogens (tertiary/aromatic N) is 2. The largest absolute Gasteiger partial charge is 0.497 e. The highest BCUT2D eigenvalue weighted by atomic mass is 16.5. The van der Waals surface area contributed by atoms with Gasteiger partial charge in [-0.25, -0.2) is 4.79 Å². The van der Waals surface area contributed by atoms with Gasteiger partial charge in [-0.05, 0) is 75.1 Å². The fourth-order valence-electron chi connectivity index (χ4n) is 4.27. The molecule has 5 rings (SSSR count). The van der Waals surface area contributed by atoms with Crippen molar-refractivity contribution in [1.82, 2.24) is 15.2 Å². The molecular formula is C26H26N4O5. The number of aromatic amines is 1. The van der Waals surface area contributed by atoms with Crippen LogP contribution in [0.2, 0.25) is 0 Å². The Morgan fingerprint density at radius 1 is 1.23 bits per heavy atom. The van der Waals surface area contributed by atoms with Gasteiger partial charge in [-0.15, -0.1) is 5.10 Å². The average molecular weight is 475 g/mol. The van der Waals surface area contributed by atoms with Crippen molar-refractivity contribution in [2.45, 2.75) is 45.6 Å².